The summed E-state index contributed by atoms with van der Waals surface area (Å²) < 4.78 is 2.43. The van der Waals surface area contributed by atoms with E-state index in [1.807, 2.05) is 24.3 Å². The first kappa shape index (κ1) is 29.8. The van der Waals surface area contributed by atoms with Crippen molar-refractivity contribution in [3.8, 4) is 62.0 Å². The second-order valence-corrected chi connectivity index (χ2v) is 13.0. The van der Waals surface area contributed by atoms with Crippen LogP contribution in [-0.4, -0.2) is 14.5 Å². The quantitative estimate of drug-likeness (QED) is 0.184. The molecule has 3 heterocycles. The molecule has 4 heteroatoms. The predicted octanol–water partition coefficient (Wildman–Crippen LogP) is 12.5. The first-order valence-electron chi connectivity index (χ1n) is 17.6. The van der Waals surface area contributed by atoms with Crippen LogP contribution in [0.4, 0.5) is 17.1 Å². The first-order chi connectivity index (χ1) is 25.8. The molecule has 52 heavy (non-hydrogen) atoms. The van der Waals surface area contributed by atoms with E-state index in [4.69, 9.17) is 9.97 Å². The van der Waals surface area contributed by atoms with Crippen LogP contribution < -0.4 is 4.90 Å². The number of hydrogen-bond donors (Lipinski definition) is 0. The van der Waals surface area contributed by atoms with Gasteiger partial charge in [0.15, 0.2) is 5.82 Å². The Morgan fingerprint density at radius 1 is 0.385 bits per heavy atom. The molecule has 0 bridgehead atoms. The molecule has 0 saturated heterocycles. The topological polar surface area (TPSA) is 34.0 Å². The van der Waals surface area contributed by atoms with E-state index in [0.717, 1.165) is 50.8 Å². The molecule has 2 aromatic heterocycles. The minimum atomic E-state index is 0.702. The Balaban J connectivity index is 1.21. The van der Waals surface area contributed by atoms with Crippen molar-refractivity contribution < 1.29 is 0 Å². The van der Waals surface area contributed by atoms with E-state index in [2.05, 4.69) is 179 Å². The van der Waals surface area contributed by atoms with Crippen LogP contribution in [0.1, 0.15) is 0 Å². The lowest BCUT2D eigenvalue weighted by Gasteiger charge is -2.28. The molecule has 1 aliphatic heterocycles. The number of rotatable bonds is 5. The summed E-state index contributed by atoms with van der Waals surface area (Å²) in [6.07, 6.45) is 0. The van der Waals surface area contributed by atoms with Crippen LogP contribution in [-0.2, 0) is 0 Å². The highest BCUT2D eigenvalue weighted by atomic mass is 15.2. The summed E-state index contributed by atoms with van der Waals surface area (Å²) in [6, 6.07) is 68.5. The molecule has 0 saturated carbocycles. The molecule has 7 aromatic carbocycles. The van der Waals surface area contributed by atoms with E-state index in [9.17, 15) is 0 Å². The van der Waals surface area contributed by atoms with E-state index in [1.54, 1.807) is 0 Å². The van der Waals surface area contributed by atoms with Gasteiger partial charge in [-0.05, 0) is 48.5 Å². The van der Waals surface area contributed by atoms with E-state index in [1.165, 1.54) is 33.3 Å². The van der Waals surface area contributed by atoms with Crippen LogP contribution in [0.2, 0.25) is 0 Å². The third-order valence-corrected chi connectivity index (χ3v) is 9.93. The lowest BCUT2D eigenvalue weighted by molar-refractivity contribution is 1.13. The second-order valence-electron chi connectivity index (χ2n) is 13.0. The summed E-state index contributed by atoms with van der Waals surface area (Å²) in [6.45, 7) is 0. The van der Waals surface area contributed by atoms with Crippen molar-refractivity contribution in [2.45, 2.75) is 0 Å². The maximum absolute atomic E-state index is 5.16. The Bertz CT molecular complexity index is 2680. The van der Waals surface area contributed by atoms with E-state index < -0.39 is 0 Å². The average molecular weight is 665 g/mol. The first-order valence-corrected chi connectivity index (χ1v) is 17.6. The van der Waals surface area contributed by atoms with Crippen LogP contribution in [0.15, 0.2) is 194 Å². The zero-order valence-electron chi connectivity index (χ0n) is 28.3. The molecule has 10 rings (SSSR count). The Kier molecular flexibility index (Phi) is 7.10. The van der Waals surface area contributed by atoms with Gasteiger partial charge in [-0.15, -0.1) is 0 Å². The number of aromatic nitrogens is 3. The molecule has 0 fully saturated rings. The van der Waals surface area contributed by atoms with E-state index >= 15 is 0 Å². The van der Waals surface area contributed by atoms with Crippen LogP contribution >= 0.6 is 0 Å². The van der Waals surface area contributed by atoms with Crippen molar-refractivity contribution >= 4 is 28.0 Å². The largest absolute Gasteiger partial charge is 0.309 e. The van der Waals surface area contributed by atoms with Crippen molar-refractivity contribution in [2.75, 3.05) is 4.90 Å². The zero-order valence-corrected chi connectivity index (χ0v) is 28.3. The third kappa shape index (κ3) is 4.92. The zero-order chi connectivity index (χ0) is 34.4. The summed E-state index contributed by atoms with van der Waals surface area (Å²) in [5.74, 6) is 0.702. The molecule has 0 aliphatic carbocycles. The summed E-state index contributed by atoms with van der Waals surface area (Å²) in [5, 5.41) is 1.22. The Labute approximate surface area is 302 Å². The highest BCUT2D eigenvalue weighted by Crippen LogP contribution is 2.54. The molecule has 0 amide bonds. The fraction of sp³-hybridized carbons (Fsp3) is 0. The van der Waals surface area contributed by atoms with Crippen molar-refractivity contribution in [2.24, 2.45) is 0 Å². The highest BCUT2D eigenvalue weighted by molar-refractivity contribution is 6.13. The van der Waals surface area contributed by atoms with Gasteiger partial charge in [-0.25, -0.2) is 9.97 Å². The highest BCUT2D eigenvalue weighted by Gasteiger charge is 2.31. The van der Waals surface area contributed by atoms with Crippen LogP contribution in [0.25, 0.3) is 72.9 Å². The number of fused-ring (bicyclic) bond motifs is 7. The van der Waals surface area contributed by atoms with Crippen molar-refractivity contribution in [3.63, 3.8) is 0 Å². The molecule has 9 aromatic rings. The monoisotopic (exact) mass is 664 g/mol. The van der Waals surface area contributed by atoms with Gasteiger partial charge >= 0.3 is 0 Å². The molecule has 1 aliphatic rings. The molecule has 0 unspecified atom stereocenters. The van der Waals surface area contributed by atoms with Gasteiger partial charge < -0.3 is 9.47 Å². The SMILES string of the molecule is c1ccc(-c2cc(-c3cccc(N4c5ccccc5-c5c(n(-c6ccccc6)c6ccccc56)-c5ccccc54)c3)nc(-c3ccccc3)n2)cc1. The standard InChI is InChI=1S/C48H32N4/c1-4-17-33(18-5-1)41-32-42(50-48(49-41)34-19-6-2-7-20-34)35-21-16-24-37(31-35)51-43-28-13-10-25-38(43)46-39-26-11-14-29-44(39)52(36-22-8-3-9-23-36)47(46)40-27-12-15-30-45(40)51/h1-32H. The van der Waals surface area contributed by atoms with Gasteiger partial charge in [0.2, 0.25) is 0 Å². The van der Waals surface area contributed by atoms with Crippen molar-refractivity contribution in [1.82, 2.24) is 14.5 Å². The van der Waals surface area contributed by atoms with Crippen LogP contribution in [0.5, 0.6) is 0 Å². The van der Waals surface area contributed by atoms with Gasteiger partial charge in [0.25, 0.3) is 0 Å². The Hall–Kier alpha value is -7.04. The normalized spacial score (nSPS) is 11.8. The number of benzene rings is 7. The lowest BCUT2D eigenvalue weighted by atomic mass is 9.98. The fourth-order valence-corrected chi connectivity index (χ4v) is 7.64. The summed E-state index contributed by atoms with van der Waals surface area (Å²) >= 11 is 0. The smallest absolute Gasteiger partial charge is 0.160 e. The Morgan fingerprint density at radius 3 is 1.67 bits per heavy atom. The van der Waals surface area contributed by atoms with Crippen LogP contribution in [0, 0.1) is 0 Å². The molecule has 0 N–H and O–H groups in total. The van der Waals surface area contributed by atoms with Crippen molar-refractivity contribution in [1.29, 1.82) is 0 Å². The predicted molar refractivity (Wildman–Crippen MR) is 214 cm³/mol. The fourth-order valence-electron chi connectivity index (χ4n) is 7.64. The molecule has 0 spiro atoms. The van der Waals surface area contributed by atoms with Gasteiger partial charge in [-0.2, -0.15) is 0 Å². The Morgan fingerprint density at radius 2 is 0.923 bits per heavy atom. The lowest BCUT2D eigenvalue weighted by Crippen LogP contribution is -2.11. The summed E-state index contributed by atoms with van der Waals surface area (Å²) in [4.78, 5) is 12.6. The molecular formula is C48H32N4. The summed E-state index contributed by atoms with van der Waals surface area (Å²) in [7, 11) is 0. The molecule has 0 atom stereocenters. The van der Waals surface area contributed by atoms with E-state index in [-0.39, 0.29) is 0 Å². The van der Waals surface area contributed by atoms with Crippen LogP contribution in [0.3, 0.4) is 0 Å². The maximum Gasteiger partial charge on any atom is 0.160 e. The van der Waals surface area contributed by atoms with Gasteiger partial charge in [-0.1, -0.05) is 146 Å². The average Bonchev–Trinajstić information content (AvgIpc) is 3.51. The second kappa shape index (κ2) is 12.4. The minimum Gasteiger partial charge on any atom is -0.309 e. The summed E-state index contributed by atoms with van der Waals surface area (Å²) in [5.41, 5.74) is 15.2. The number of nitrogens with zero attached hydrogens (tertiary/aromatic N) is 4. The van der Waals surface area contributed by atoms with Crippen molar-refractivity contribution in [3.05, 3.63) is 194 Å². The molecule has 0 radical (unpaired) electrons. The molecular weight excluding hydrogens is 633 g/mol. The minimum absolute atomic E-state index is 0.702. The maximum atomic E-state index is 5.16. The molecule has 244 valence electrons. The van der Waals surface area contributed by atoms with E-state index in [0.29, 0.717) is 5.82 Å². The number of anilines is 3. The van der Waals surface area contributed by atoms with Gasteiger partial charge in [-0.3, -0.25) is 0 Å². The molecule has 4 nitrogen and oxygen atoms in total. The van der Waals surface area contributed by atoms with Gasteiger partial charge in [0.05, 0.1) is 34.0 Å². The van der Waals surface area contributed by atoms with Gasteiger partial charge in [0, 0.05) is 50.1 Å². The number of hydrogen-bond acceptors (Lipinski definition) is 3. The van der Waals surface area contributed by atoms with Gasteiger partial charge in [0.1, 0.15) is 0 Å². The third-order valence-electron chi connectivity index (χ3n) is 9.93. The number of para-hydroxylation sites is 4.